The average molecular weight is 769 g/mol. The van der Waals surface area contributed by atoms with Crippen LogP contribution in [0.1, 0.15) is 43.0 Å². The van der Waals surface area contributed by atoms with Crippen molar-refractivity contribution in [2.45, 2.75) is 9.79 Å². The van der Waals surface area contributed by atoms with Crippen LogP contribution < -0.4 is 10.9 Å². The highest BCUT2D eigenvalue weighted by Crippen LogP contribution is 2.28. The third-order valence-electron chi connectivity index (χ3n) is 8.04. The van der Waals surface area contributed by atoms with Crippen LogP contribution in [0, 0.1) is 0 Å². The van der Waals surface area contributed by atoms with Crippen molar-refractivity contribution < 1.29 is 55.3 Å². The third kappa shape index (κ3) is 7.52. The molecule has 0 spiro atoms. The fourth-order valence-electron chi connectivity index (χ4n) is 5.52. The maximum absolute atomic E-state index is 12.6. The van der Waals surface area contributed by atoms with Gasteiger partial charge >= 0.3 is 11.9 Å². The average Bonchev–Trinajstić information content (AvgIpc) is 3.13. The van der Waals surface area contributed by atoms with Crippen molar-refractivity contribution in [1.82, 2.24) is 0 Å². The number of Topliss-reactive ketones (excluding diaryl/α,β-unsaturated/α-hetero) is 2. The number of hydrogen-bond acceptors (Lipinski definition) is 12. The number of rotatable bonds is 10. The number of nitrogens with zero attached hydrogens (tertiary/aromatic N) is 2. The SMILES string of the molecule is O=C(O)C1=C/C(=N/Nc2ccc(/C=C/c3ccc(N/N=C4/C=C(C(=O)O)C(=O)c5ccccc54)cc3S(=O)(=O)O)c(S(=O)(=O)O)c2)c2ccccc2C1=O. The van der Waals surface area contributed by atoms with Gasteiger partial charge in [0.15, 0.2) is 0 Å². The second-order valence-corrected chi connectivity index (χ2v) is 14.3. The molecule has 2 aliphatic rings. The molecule has 0 saturated heterocycles. The van der Waals surface area contributed by atoms with Crippen LogP contribution in [0.15, 0.2) is 128 Å². The molecule has 6 N–H and O–H groups in total. The van der Waals surface area contributed by atoms with E-state index in [0.29, 0.717) is 11.1 Å². The molecular weight excluding hydrogens is 745 g/mol. The Morgan fingerprint density at radius 1 is 0.556 bits per heavy atom. The van der Waals surface area contributed by atoms with Crippen LogP contribution >= 0.6 is 0 Å². The number of aliphatic carboxylic acids is 2. The van der Waals surface area contributed by atoms with Crippen LogP contribution in [0.25, 0.3) is 12.2 Å². The molecule has 4 aromatic carbocycles. The number of carboxylic acids is 2. The number of carbonyl (C=O) groups excluding carboxylic acids is 2. The van der Waals surface area contributed by atoms with Crippen LogP contribution in [0.4, 0.5) is 11.4 Å². The molecule has 18 heteroatoms. The molecule has 0 saturated carbocycles. The summed E-state index contributed by atoms with van der Waals surface area (Å²) in [5.41, 5.74) is 4.88. The summed E-state index contributed by atoms with van der Waals surface area (Å²) in [6.07, 6.45) is 4.44. The molecule has 0 aromatic heterocycles. The Labute approximate surface area is 305 Å². The van der Waals surface area contributed by atoms with Crippen LogP contribution in [-0.2, 0) is 29.8 Å². The number of allylic oxidation sites excluding steroid dienone is 2. The summed E-state index contributed by atoms with van der Waals surface area (Å²) < 4.78 is 69.6. The highest BCUT2D eigenvalue weighted by atomic mass is 32.2. The van der Waals surface area contributed by atoms with Crippen LogP contribution in [0.3, 0.4) is 0 Å². The lowest BCUT2D eigenvalue weighted by Crippen LogP contribution is -2.22. The van der Waals surface area contributed by atoms with Crippen molar-refractivity contribution in [2.75, 3.05) is 10.9 Å². The fourth-order valence-corrected chi connectivity index (χ4v) is 6.94. The second kappa shape index (κ2) is 14.3. The molecule has 0 aliphatic heterocycles. The Morgan fingerprint density at radius 2 is 0.907 bits per heavy atom. The van der Waals surface area contributed by atoms with Gasteiger partial charge in [0.25, 0.3) is 20.2 Å². The maximum atomic E-state index is 12.6. The maximum Gasteiger partial charge on any atom is 0.339 e. The highest BCUT2D eigenvalue weighted by Gasteiger charge is 2.29. The van der Waals surface area contributed by atoms with Crippen molar-refractivity contribution in [3.05, 3.63) is 142 Å². The Kier molecular flexibility index (Phi) is 9.76. The van der Waals surface area contributed by atoms with Crippen molar-refractivity contribution in [3.63, 3.8) is 0 Å². The summed E-state index contributed by atoms with van der Waals surface area (Å²) in [4.78, 5) is 47.2. The Morgan fingerprint density at radius 3 is 1.24 bits per heavy atom. The third-order valence-corrected chi connectivity index (χ3v) is 9.86. The van der Waals surface area contributed by atoms with Gasteiger partial charge < -0.3 is 10.2 Å². The number of carbonyl (C=O) groups is 4. The zero-order valence-electron chi connectivity index (χ0n) is 27.2. The first-order valence-corrected chi connectivity index (χ1v) is 18.2. The van der Waals surface area contributed by atoms with Gasteiger partial charge in [-0.2, -0.15) is 27.0 Å². The number of anilines is 2. The van der Waals surface area contributed by atoms with E-state index in [9.17, 15) is 55.3 Å². The monoisotopic (exact) mass is 768 g/mol. The van der Waals surface area contributed by atoms with Crippen molar-refractivity contribution in [3.8, 4) is 0 Å². The normalized spacial score (nSPS) is 15.7. The van der Waals surface area contributed by atoms with Gasteiger partial charge in [0, 0.05) is 22.3 Å². The van der Waals surface area contributed by atoms with Crippen LogP contribution in [-0.4, -0.2) is 71.1 Å². The lowest BCUT2D eigenvalue weighted by Gasteiger charge is -2.15. The Bertz CT molecular complexity index is 2530. The van der Waals surface area contributed by atoms with Gasteiger partial charge in [-0.05, 0) is 47.5 Å². The van der Waals surface area contributed by atoms with Crippen molar-refractivity contribution in [2.24, 2.45) is 10.2 Å². The molecule has 0 radical (unpaired) electrons. The molecular formula is C36H24N4O12S2. The topological polar surface area (TPSA) is 266 Å². The summed E-state index contributed by atoms with van der Waals surface area (Å²) in [5, 5.41) is 27.3. The molecule has 0 unspecified atom stereocenters. The van der Waals surface area contributed by atoms with Gasteiger partial charge in [0.2, 0.25) is 11.6 Å². The van der Waals surface area contributed by atoms with E-state index in [1.54, 1.807) is 36.4 Å². The standard InChI is InChI=1S/C36H24N4O12S2/c41-33-25-7-3-1-5-23(25)29(17-27(33)35(43)44)39-37-21-13-11-19(31(15-21)53(47,48)49)9-10-20-12-14-22(16-32(20)54(50,51)52)38-40-30-18-28(36(45)46)34(42)26-8-4-2-6-24(26)30/h1-18,37-38H,(H,43,44)(H,45,46)(H,47,48,49)(H,50,51,52)/b10-9+,39-29-,40-30-. The summed E-state index contributed by atoms with van der Waals surface area (Å²) in [7, 11) is -9.81. The second-order valence-electron chi connectivity index (χ2n) is 11.5. The first kappa shape index (κ1) is 36.9. The Balaban J connectivity index is 1.30. The number of hydrogen-bond donors (Lipinski definition) is 6. The first-order chi connectivity index (χ1) is 25.5. The number of benzene rings is 4. The number of hydrazone groups is 2. The predicted molar refractivity (Wildman–Crippen MR) is 195 cm³/mol. The van der Waals surface area contributed by atoms with E-state index in [4.69, 9.17) is 0 Å². The quantitative estimate of drug-likeness (QED) is 0.0565. The molecule has 16 nitrogen and oxygen atoms in total. The van der Waals surface area contributed by atoms with E-state index in [-0.39, 0.29) is 45.1 Å². The van der Waals surface area contributed by atoms with Gasteiger partial charge in [0.1, 0.15) is 20.9 Å². The van der Waals surface area contributed by atoms with Gasteiger partial charge in [-0.1, -0.05) is 72.8 Å². The first-order valence-electron chi connectivity index (χ1n) is 15.3. The number of nitrogens with one attached hydrogen (secondary N) is 2. The minimum atomic E-state index is -4.91. The predicted octanol–water partition coefficient (Wildman–Crippen LogP) is 4.40. The highest BCUT2D eigenvalue weighted by molar-refractivity contribution is 7.86. The Hall–Kier alpha value is -6.86. The zero-order valence-corrected chi connectivity index (χ0v) is 28.8. The number of fused-ring (bicyclic) bond motifs is 2. The van der Waals surface area contributed by atoms with E-state index >= 15 is 0 Å². The summed E-state index contributed by atoms with van der Waals surface area (Å²) in [6.45, 7) is 0. The molecule has 0 amide bonds. The van der Waals surface area contributed by atoms with Crippen LogP contribution in [0.2, 0.25) is 0 Å². The van der Waals surface area contributed by atoms with Crippen molar-refractivity contribution in [1.29, 1.82) is 0 Å². The summed E-state index contributed by atoms with van der Waals surface area (Å²) in [6, 6.07) is 19.5. The minimum Gasteiger partial charge on any atom is -0.478 e. The largest absolute Gasteiger partial charge is 0.478 e. The summed E-state index contributed by atoms with van der Waals surface area (Å²) in [5.74, 6) is -4.36. The number of ketones is 2. The molecule has 2 aliphatic carbocycles. The molecule has 0 atom stereocenters. The van der Waals surface area contributed by atoms with E-state index in [0.717, 1.165) is 36.4 Å². The smallest absolute Gasteiger partial charge is 0.339 e. The molecule has 0 heterocycles. The van der Waals surface area contributed by atoms with E-state index in [2.05, 4.69) is 21.1 Å². The van der Waals surface area contributed by atoms with E-state index in [1.807, 2.05) is 0 Å². The van der Waals surface area contributed by atoms with Crippen molar-refractivity contribution >= 4 is 78.7 Å². The van der Waals surface area contributed by atoms with Gasteiger partial charge in [0.05, 0.1) is 22.8 Å². The minimum absolute atomic E-state index is 0.0258. The van der Waals surface area contributed by atoms with Crippen LogP contribution in [0.5, 0.6) is 0 Å². The molecule has 272 valence electrons. The summed E-state index contributed by atoms with van der Waals surface area (Å²) >= 11 is 0. The van der Waals surface area contributed by atoms with Gasteiger partial charge in [-0.3, -0.25) is 29.5 Å². The molecule has 54 heavy (non-hydrogen) atoms. The number of carboxylic acid groups (broad SMARTS) is 2. The lowest BCUT2D eigenvalue weighted by atomic mass is 9.89. The van der Waals surface area contributed by atoms with Gasteiger partial charge in [-0.15, -0.1) is 0 Å². The molecule has 4 aromatic rings. The van der Waals surface area contributed by atoms with Gasteiger partial charge in [-0.25, -0.2) is 9.59 Å². The lowest BCUT2D eigenvalue weighted by molar-refractivity contribution is -0.133. The molecule has 0 bridgehead atoms. The zero-order chi connectivity index (χ0) is 38.9. The molecule has 6 rings (SSSR count). The van der Waals surface area contributed by atoms with E-state index < -0.39 is 64.7 Å². The van der Waals surface area contributed by atoms with E-state index in [1.165, 1.54) is 36.4 Å². The fraction of sp³-hybridized carbons (Fsp3) is 0. The molecule has 0 fully saturated rings.